The second kappa shape index (κ2) is 4.36. The maximum Gasteiger partial charge on any atom is 0.123 e. The number of aromatic hydroxyl groups is 1. The number of methoxy groups -OCH3 is 1. The molecule has 1 rings (SSSR count). The van der Waals surface area contributed by atoms with Crippen LogP contribution in [0.4, 0.5) is 0 Å². The Bertz CT molecular complexity index is 373. The average Bonchev–Trinajstić information content (AvgIpc) is 2.15. The minimum absolute atomic E-state index is 0.0811. The molecular weight excluding hydrogens is 200 g/mol. The Morgan fingerprint density at radius 2 is 1.75 bits per heavy atom. The third kappa shape index (κ3) is 2.49. The van der Waals surface area contributed by atoms with Gasteiger partial charge in [-0.15, -0.1) is 0 Å². The molecule has 2 nitrogen and oxygen atoms in total. The van der Waals surface area contributed by atoms with E-state index in [1.54, 1.807) is 7.11 Å². The third-order valence-corrected chi connectivity index (χ3v) is 2.78. The molecule has 0 heterocycles. The molecule has 0 radical (unpaired) electrons. The van der Waals surface area contributed by atoms with Gasteiger partial charge >= 0.3 is 0 Å². The lowest BCUT2D eigenvalue weighted by Gasteiger charge is -2.24. The zero-order valence-electron chi connectivity index (χ0n) is 11.1. The van der Waals surface area contributed by atoms with Crippen molar-refractivity contribution in [3.8, 4) is 11.5 Å². The fraction of sp³-hybridized carbons (Fsp3) is 0.571. The molecule has 0 fully saturated rings. The first-order valence-electron chi connectivity index (χ1n) is 5.68. The van der Waals surface area contributed by atoms with Gasteiger partial charge in [-0.1, -0.05) is 34.6 Å². The van der Waals surface area contributed by atoms with Crippen molar-refractivity contribution in [2.24, 2.45) is 0 Å². The molecule has 1 aromatic rings. The second-order valence-corrected chi connectivity index (χ2v) is 5.52. The largest absolute Gasteiger partial charge is 0.507 e. The van der Waals surface area contributed by atoms with E-state index >= 15 is 0 Å². The molecule has 1 aromatic carbocycles. The predicted molar refractivity (Wildman–Crippen MR) is 67.4 cm³/mol. The molecule has 0 unspecified atom stereocenters. The van der Waals surface area contributed by atoms with Crippen LogP contribution < -0.4 is 4.74 Å². The Morgan fingerprint density at radius 1 is 1.19 bits per heavy atom. The van der Waals surface area contributed by atoms with Crippen LogP contribution >= 0.6 is 0 Å². The third-order valence-electron chi connectivity index (χ3n) is 2.78. The lowest BCUT2D eigenvalue weighted by Crippen LogP contribution is -2.12. The monoisotopic (exact) mass is 222 g/mol. The van der Waals surface area contributed by atoms with Crippen LogP contribution in [0.25, 0.3) is 0 Å². The Labute approximate surface area is 98.3 Å². The fourth-order valence-electron chi connectivity index (χ4n) is 1.76. The molecule has 0 aliphatic heterocycles. The lowest BCUT2D eigenvalue weighted by molar-refractivity contribution is 0.401. The number of hydrogen-bond donors (Lipinski definition) is 1. The van der Waals surface area contributed by atoms with Gasteiger partial charge in [0.25, 0.3) is 0 Å². The minimum atomic E-state index is -0.0811. The summed E-state index contributed by atoms with van der Waals surface area (Å²) < 4.78 is 5.28. The standard InChI is InChI=1S/C14H22O2/c1-9(2)11-7-10(16-6)8-12(13(11)15)14(3,4)5/h7-9,15H,1-6H3. The summed E-state index contributed by atoms with van der Waals surface area (Å²) in [6.07, 6.45) is 0. The molecule has 0 saturated heterocycles. The van der Waals surface area contributed by atoms with Gasteiger partial charge in [-0.3, -0.25) is 0 Å². The van der Waals surface area contributed by atoms with E-state index < -0.39 is 0 Å². The van der Waals surface area contributed by atoms with Gasteiger partial charge in [0.1, 0.15) is 11.5 Å². The molecule has 0 atom stereocenters. The highest BCUT2D eigenvalue weighted by Crippen LogP contribution is 2.39. The molecule has 0 spiro atoms. The van der Waals surface area contributed by atoms with E-state index in [0.717, 1.165) is 16.9 Å². The summed E-state index contributed by atoms with van der Waals surface area (Å²) in [5, 5.41) is 10.3. The maximum absolute atomic E-state index is 10.3. The van der Waals surface area contributed by atoms with Crippen LogP contribution in [0.2, 0.25) is 0 Å². The molecule has 90 valence electrons. The number of ether oxygens (including phenoxy) is 1. The number of phenolic OH excluding ortho intramolecular Hbond substituents is 1. The van der Waals surface area contributed by atoms with Crippen LogP contribution in [0, 0.1) is 0 Å². The quantitative estimate of drug-likeness (QED) is 0.824. The second-order valence-electron chi connectivity index (χ2n) is 5.52. The van der Waals surface area contributed by atoms with Crippen LogP contribution in [-0.4, -0.2) is 12.2 Å². The average molecular weight is 222 g/mol. The Kier molecular flexibility index (Phi) is 3.51. The first-order chi connectivity index (χ1) is 7.27. The first-order valence-corrected chi connectivity index (χ1v) is 5.68. The van der Waals surface area contributed by atoms with E-state index in [9.17, 15) is 5.11 Å². The number of hydrogen-bond acceptors (Lipinski definition) is 2. The molecular formula is C14H22O2. The Morgan fingerprint density at radius 3 is 2.12 bits per heavy atom. The van der Waals surface area contributed by atoms with Crippen LogP contribution in [0.1, 0.15) is 51.7 Å². The number of benzene rings is 1. The fourth-order valence-corrected chi connectivity index (χ4v) is 1.76. The van der Waals surface area contributed by atoms with Gasteiger partial charge in [-0.25, -0.2) is 0 Å². The summed E-state index contributed by atoms with van der Waals surface area (Å²) in [7, 11) is 1.66. The smallest absolute Gasteiger partial charge is 0.123 e. The summed E-state index contributed by atoms with van der Waals surface area (Å²) in [6.45, 7) is 10.4. The van der Waals surface area contributed by atoms with Gasteiger partial charge in [-0.2, -0.15) is 0 Å². The van der Waals surface area contributed by atoms with Crippen molar-refractivity contribution in [3.05, 3.63) is 23.3 Å². The Balaban J connectivity index is 3.44. The molecule has 16 heavy (non-hydrogen) atoms. The van der Waals surface area contributed by atoms with E-state index in [0.29, 0.717) is 5.75 Å². The van der Waals surface area contributed by atoms with E-state index in [1.807, 2.05) is 12.1 Å². The van der Waals surface area contributed by atoms with Gasteiger partial charge in [0.2, 0.25) is 0 Å². The maximum atomic E-state index is 10.3. The van der Waals surface area contributed by atoms with Crippen LogP contribution in [-0.2, 0) is 5.41 Å². The van der Waals surface area contributed by atoms with Crippen molar-refractivity contribution in [1.82, 2.24) is 0 Å². The predicted octanol–water partition coefficient (Wildman–Crippen LogP) is 3.82. The summed E-state index contributed by atoms with van der Waals surface area (Å²) in [4.78, 5) is 0. The molecule has 0 aliphatic carbocycles. The highest BCUT2D eigenvalue weighted by molar-refractivity contribution is 5.50. The van der Waals surface area contributed by atoms with Gasteiger partial charge in [-0.05, 0) is 23.5 Å². The van der Waals surface area contributed by atoms with E-state index in [-0.39, 0.29) is 11.3 Å². The van der Waals surface area contributed by atoms with E-state index in [1.165, 1.54) is 0 Å². The number of phenols is 1. The molecule has 0 aromatic heterocycles. The van der Waals surface area contributed by atoms with Crippen molar-refractivity contribution in [2.75, 3.05) is 7.11 Å². The van der Waals surface area contributed by atoms with Crippen LogP contribution in [0.5, 0.6) is 11.5 Å². The normalized spacial score (nSPS) is 11.9. The number of rotatable bonds is 2. The summed E-state index contributed by atoms with van der Waals surface area (Å²) >= 11 is 0. The van der Waals surface area contributed by atoms with Crippen molar-refractivity contribution >= 4 is 0 Å². The molecule has 1 N–H and O–H groups in total. The SMILES string of the molecule is COc1cc(C(C)C)c(O)c(C(C)(C)C)c1. The van der Waals surface area contributed by atoms with Gasteiger partial charge in [0, 0.05) is 11.1 Å². The lowest BCUT2D eigenvalue weighted by atomic mass is 9.83. The van der Waals surface area contributed by atoms with Gasteiger partial charge in [0.15, 0.2) is 0 Å². The highest BCUT2D eigenvalue weighted by Gasteiger charge is 2.22. The zero-order chi connectivity index (χ0) is 12.5. The van der Waals surface area contributed by atoms with Crippen molar-refractivity contribution in [3.63, 3.8) is 0 Å². The van der Waals surface area contributed by atoms with Crippen molar-refractivity contribution in [2.45, 2.75) is 46.0 Å². The molecule has 0 amide bonds. The molecule has 0 aliphatic rings. The van der Waals surface area contributed by atoms with Crippen molar-refractivity contribution in [1.29, 1.82) is 0 Å². The topological polar surface area (TPSA) is 29.5 Å². The molecule has 0 bridgehead atoms. The zero-order valence-corrected chi connectivity index (χ0v) is 11.1. The summed E-state index contributed by atoms with van der Waals surface area (Å²) in [5.74, 6) is 1.51. The molecule has 2 heteroatoms. The van der Waals surface area contributed by atoms with Crippen LogP contribution in [0.3, 0.4) is 0 Å². The summed E-state index contributed by atoms with van der Waals surface area (Å²) in [5.41, 5.74) is 1.81. The van der Waals surface area contributed by atoms with E-state index in [2.05, 4.69) is 34.6 Å². The highest BCUT2D eigenvalue weighted by atomic mass is 16.5. The summed E-state index contributed by atoms with van der Waals surface area (Å²) in [6, 6.07) is 3.83. The Hall–Kier alpha value is -1.18. The first kappa shape index (κ1) is 12.9. The van der Waals surface area contributed by atoms with Crippen molar-refractivity contribution < 1.29 is 9.84 Å². The van der Waals surface area contributed by atoms with Gasteiger partial charge in [0.05, 0.1) is 7.11 Å². The molecule has 0 saturated carbocycles. The van der Waals surface area contributed by atoms with Crippen LogP contribution in [0.15, 0.2) is 12.1 Å². The van der Waals surface area contributed by atoms with Gasteiger partial charge < -0.3 is 9.84 Å². The minimum Gasteiger partial charge on any atom is -0.507 e. The van der Waals surface area contributed by atoms with E-state index in [4.69, 9.17) is 4.74 Å².